The molecule has 0 fully saturated rings. The van der Waals surface area contributed by atoms with E-state index in [-0.39, 0.29) is 25.2 Å². The average molecular weight is 968 g/mol. The molecule has 0 radical (unpaired) electrons. The maximum atomic E-state index is 12.9. The lowest BCUT2D eigenvalue weighted by Gasteiger charge is -2.18. The van der Waals surface area contributed by atoms with Gasteiger partial charge in [-0.15, -0.1) is 0 Å². The number of carbonyl (C=O) groups excluding carboxylic acids is 2. The molecule has 0 amide bonds. The van der Waals surface area contributed by atoms with Crippen LogP contribution >= 0.6 is 0 Å². The van der Waals surface area contributed by atoms with Gasteiger partial charge in [-0.1, -0.05) is 225 Å². The molecule has 1 unspecified atom stereocenters. The van der Waals surface area contributed by atoms with E-state index < -0.39 is 6.10 Å². The largest absolute Gasteiger partial charge is 0.462 e. The highest BCUT2D eigenvalue weighted by Gasteiger charge is 2.17. The quantitative estimate of drug-likeness (QED) is 0.0345. The number of rotatable bonds is 51. The van der Waals surface area contributed by atoms with Crippen molar-refractivity contribution >= 4 is 11.9 Å². The first kappa shape index (κ1) is 66.0. The average Bonchev–Trinajstić information content (AvgIpc) is 3.36. The van der Waals surface area contributed by atoms with E-state index in [1.54, 1.807) is 0 Å². The van der Waals surface area contributed by atoms with Crippen LogP contribution in [-0.2, 0) is 23.8 Å². The van der Waals surface area contributed by atoms with Crippen LogP contribution in [0.4, 0.5) is 0 Å². The summed E-state index contributed by atoms with van der Waals surface area (Å²) in [4.78, 5) is 25.5. The first-order chi connectivity index (χ1) is 34.6. The molecule has 0 aliphatic heterocycles. The van der Waals surface area contributed by atoms with E-state index in [0.29, 0.717) is 19.4 Å². The normalized spacial score (nSPS) is 13.2. The fraction of sp³-hybridized carbons (Fsp3) is 0.631. The molecule has 0 aliphatic carbocycles. The van der Waals surface area contributed by atoms with Gasteiger partial charge in [-0.05, 0) is 135 Å². The van der Waals surface area contributed by atoms with Crippen molar-refractivity contribution in [2.24, 2.45) is 0 Å². The van der Waals surface area contributed by atoms with Crippen molar-refractivity contribution in [2.45, 2.75) is 245 Å². The van der Waals surface area contributed by atoms with Gasteiger partial charge in [-0.25, -0.2) is 0 Å². The Bertz CT molecular complexity index is 1470. The van der Waals surface area contributed by atoms with Crippen LogP contribution < -0.4 is 0 Å². The van der Waals surface area contributed by atoms with Crippen LogP contribution in [0.2, 0.25) is 0 Å². The Kier molecular flexibility index (Phi) is 56.0. The van der Waals surface area contributed by atoms with E-state index in [1.165, 1.54) is 64.2 Å². The first-order valence-corrected chi connectivity index (χ1v) is 28.7. The smallest absolute Gasteiger partial charge is 0.306 e. The summed E-state index contributed by atoms with van der Waals surface area (Å²) in [7, 11) is 0. The lowest BCUT2D eigenvalue weighted by molar-refractivity contribution is -0.163. The van der Waals surface area contributed by atoms with E-state index in [4.69, 9.17) is 14.2 Å². The van der Waals surface area contributed by atoms with Crippen molar-refractivity contribution in [3.05, 3.63) is 134 Å². The molecule has 0 saturated heterocycles. The van der Waals surface area contributed by atoms with Crippen molar-refractivity contribution in [3.8, 4) is 0 Å². The lowest BCUT2D eigenvalue weighted by atomic mass is 10.1. The van der Waals surface area contributed by atoms with Crippen molar-refractivity contribution in [3.63, 3.8) is 0 Å². The Morgan fingerprint density at radius 3 is 1.03 bits per heavy atom. The Hall–Kier alpha value is -3.96. The molecule has 396 valence electrons. The molecule has 0 N–H and O–H groups in total. The fourth-order valence-corrected chi connectivity index (χ4v) is 7.44. The molecular formula is C65H106O5. The number of hydrogen-bond acceptors (Lipinski definition) is 5. The van der Waals surface area contributed by atoms with Crippen LogP contribution in [0.1, 0.15) is 239 Å². The van der Waals surface area contributed by atoms with Gasteiger partial charge in [0.1, 0.15) is 6.61 Å². The van der Waals surface area contributed by atoms with E-state index in [1.807, 2.05) is 0 Å². The van der Waals surface area contributed by atoms with Crippen molar-refractivity contribution in [2.75, 3.05) is 19.8 Å². The first-order valence-electron chi connectivity index (χ1n) is 28.7. The summed E-state index contributed by atoms with van der Waals surface area (Å²) in [6.45, 7) is 7.47. The van der Waals surface area contributed by atoms with Crippen LogP contribution in [0.3, 0.4) is 0 Å². The van der Waals surface area contributed by atoms with E-state index in [2.05, 4.69) is 154 Å². The predicted octanol–water partition coefficient (Wildman–Crippen LogP) is 19.9. The SMILES string of the molecule is CC/C=C\C/C=C\C/C=C\C/C=C\CCCCCCCCC(=O)OCC(COCCCCC/C=C\C/C=C\C/C=C\C/C=C\CC)OC(=O)CCCCCCCC/C=C\C/C=C\C/C=C\CCCCC. The third-order valence-corrected chi connectivity index (χ3v) is 11.7. The molecule has 0 saturated carbocycles. The minimum atomic E-state index is -0.577. The molecule has 0 aromatic rings. The molecule has 0 aromatic heterocycles. The van der Waals surface area contributed by atoms with Gasteiger partial charge in [0.2, 0.25) is 0 Å². The monoisotopic (exact) mass is 967 g/mol. The molecule has 70 heavy (non-hydrogen) atoms. The summed E-state index contributed by atoms with van der Waals surface area (Å²) in [5.41, 5.74) is 0. The molecule has 0 rings (SSSR count). The van der Waals surface area contributed by atoms with Gasteiger partial charge in [0.25, 0.3) is 0 Å². The minimum absolute atomic E-state index is 0.0506. The molecule has 0 aromatic carbocycles. The van der Waals surface area contributed by atoms with Gasteiger partial charge in [0.15, 0.2) is 6.10 Å². The van der Waals surface area contributed by atoms with Crippen molar-refractivity contribution in [1.82, 2.24) is 0 Å². The highest BCUT2D eigenvalue weighted by molar-refractivity contribution is 5.70. The third-order valence-electron chi connectivity index (χ3n) is 11.7. The van der Waals surface area contributed by atoms with E-state index >= 15 is 0 Å². The Balaban J connectivity index is 4.41. The van der Waals surface area contributed by atoms with Gasteiger partial charge in [-0.2, -0.15) is 0 Å². The molecule has 0 bridgehead atoms. The second-order valence-electron chi connectivity index (χ2n) is 18.4. The van der Waals surface area contributed by atoms with Gasteiger partial charge in [0, 0.05) is 19.4 Å². The van der Waals surface area contributed by atoms with Crippen LogP contribution in [0.25, 0.3) is 0 Å². The summed E-state index contributed by atoms with van der Waals surface area (Å²) in [5, 5.41) is 0. The number of hydrogen-bond donors (Lipinski definition) is 0. The van der Waals surface area contributed by atoms with Crippen molar-refractivity contribution in [1.29, 1.82) is 0 Å². The lowest BCUT2D eigenvalue weighted by Crippen LogP contribution is -2.30. The second-order valence-corrected chi connectivity index (χ2v) is 18.4. The highest BCUT2D eigenvalue weighted by Crippen LogP contribution is 2.13. The van der Waals surface area contributed by atoms with Gasteiger partial charge in [0.05, 0.1) is 6.61 Å². The predicted molar refractivity (Wildman–Crippen MR) is 306 cm³/mol. The highest BCUT2D eigenvalue weighted by atomic mass is 16.6. The summed E-state index contributed by atoms with van der Waals surface area (Å²) >= 11 is 0. The number of carbonyl (C=O) groups is 2. The third kappa shape index (κ3) is 56.6. The van der Waals surface area contributed by atoms with E-state index in [9.17, 15) is 9.59 Å². The summed E-state index contributed by atoms with van der Waals surface area (Å²) in [6.07, 6.45) is 84.7. The molecular weight excluding hydrogens is 861 g/mol. The number of unbranched alkanes of at least 4 members (excludes halogenated alkanes) is 18. The zero-order valence-corrected chi connectivity index (χ0v) is 45.5. The van der Waals surface area contributed by atoms with Crippen LogP contribution in [0.5, 0.6) is 0 Å². The Morgan fingerprint density at radius 1 is 0.329 bits per heavy atom. The van der Waals surface area contributed by atoms with Gasteiger partial charge in [-0.3, -0.25) is 9.59 Å². The summed E-state index contributed by atoms with van der Waals surface area (Å²) in [6, 6.07) is 0. The summed E-state index contributed by atoms with van der Waals surface area (Å²) < 4.78 is 17.4. The minimum Gasteiger partial charge on any atom is -0.462 e. The number of ether oxygens (including phenoxy) is 3. The molecule has 5 nitrogen and oxygen atoms in total. The molecule has 0 heterocycles. The molecule has 0 spiro atoms. The number of esters is 2. The fourth-order valence-electron chi connectivity index (χ4n) is 7.44. The molecule has 5 heteroatoms. The second kappa shape index (κ2) is 59.3. The van der Waals surface area contributed by atoms with Crippen LogP contribution in [0.15, 0.2) is 134 Å². The zero-order valence-electron chi connectivity index (χ0n) is 45.5. The molecule has 0 aliphatic rings. The van der Waals surface area contributed by atoms with Gasteiger partial charge < -0.3 is 14.2 Å². The topological polar surface area (TPSA) is 61.8 Å². The van der Waals surface area contributed by atoms with Crippen LogP contribution in [-0.4, -0.2) is 37.9 Å². The van der Waals surface area contributed by atoms with Crippen LogP contribution in [0, 0.1) is 0 Å². The Labute approximate surface area is 432 Å². The maximum Gasteiger partial charge on any atom is 0.306 e. The van der Waals surface area contributed by atoms with Gasteiger partial charge >= 0.3 is 11.9 Å². The molecule has 1 atom stereocenters. The van der Waals surface area contributed by atoms with E-state index in [0.717, 1.165) is 141 Å². The van der Waals surface area contributed by atoms with Crippen molar-refractivity contribution < 1.29 is 23.8 Å². The number of allylic oxidation sites excluding steroid dienone is 22. The standard InChI is InChI=1S/C65H106O5/c1-4-7-10-13-16-19-22-25-28-31-33-35-37-40-43-46-49-52-55-58-64(66)69-62-63(61-68-60-57-54-51-48-45-42-39-30-27-24-21-18-15-12-9-6-3)70-65(67)59-56-53-50-47-44-41-38-36-34-32-29-26-23-20-17-14-11-8-5-2/h7,9-10,12,16-21,25-30,33-36,42,45,63H,4-6,8,11,13-15,22-24,31-32,37-41,43-44,46-62H2,1-3H3/b10-7-,12-9-,19-16-,20-17-,21-18-,28-25-,29-26-,30-27-,35-33-,36-34-,45-42-. The summed E-state index contributed by atoms with van der Waals surface area (Å²) in [5.74, 6) is -0.452. The zero-order chi connectivity index (χ0) is 50.6. The Morgan fingerprint density at radius 2 is 0.643 bits per heavy atom. The maximum absolute atomic E-state index is 12.9.